The molecule has 1 amide bonds. The van der Waals surface area contributed by atoms with Crippen LogP contribution >= 0.6 is 11.3 Å². The van der Waals surface area contributed by atoms with Crippen LogP contribution in [0.1, 0.15) is 34.5 Å². The summed E-state index contributed by atoms with van der Waals surface area (Å²) < 4.78 is 11.2. The standard InChI is InChI=1S/C24H34N2O4S/c1-5-25(13-19(27)15-29-4)14-24(28)26-10-8-23-20(9-11-31-23)21(26)16-30-22-7-6-17(2)12-18(22)3/h6-7,9,11-12,19,21,27H,5,8,10,13-16H2,1-4H3/t19-,21+/m0/s1. The number of rotatable bonds is 10. The van der Waals surface area contributed by atoms with Gasteiger partial charge < -0.3 is 19.5 Å². The predicted octanol–water partition coefficient (Wildman–Crippen LogP) is 3.20. The molecule has 0 radical (unpaired) electrons. The number of hydrogen-bond donors (Lipinski definition) is 1. The van der Waals surface area contributed by atoms with Gasteiger partial charge >= 0.3 is 0 Å². The number of fused-ring (bicyclic) bond motifs is 1. The van der Waals surface area contributed by atoms with E-state index < -0.39 is 6.10 Å². The largest absolute Gasteiger partial charge is 0.491 e. The van der Waals surface area contributed by atoms with Gasteiger partial charge in [0.05, 0.1) is 25.3 Å². The van der Waals surface area contributed by atoms with Crippen molar-refractivity contribution in [2.24, 2.45) is 0 Å². The van der Waals surface area contributed by atoms with E-state index in [1.165, 1.54) is 16.0 Å². The zero-order valence-electron chi connectivity index (χ0n) is 19.0. The smallest absolute Gasteiger partial charge is 0.237 e. The third-order valence-corrected chi connectivity index (χ3v) is 6.77. The van der Waals surface area contributed by atoms with Gasteiger partial charge in [-0.25, -0.2) is 0 Å². The molecule has 0 saturated heterocycles. The molecule has 0 saturated carbocycles. The van der Waals surface area contributed by atoms with Gasteiger partial charge in [-0.2, -0.15) is 0 Å². The monoisotopic (exact) mass is 446 g/mol. The van der Waals surface area contributed by atoms with Crippen LogP contribution in [0.5, 0.6) is 5.75 Å². The Kier molecular flexibility index (Phi) is 8.49. The summed E-state index contributed by atoms with van der Waals surface area (Å²) in [5.74, 6) is 0.927. The van der Waals surface area contributed by atoms with Crippen molar-refractivity contribution in [2.45, 2.75) is 39.3 Å². The lowest BCUT2D eigenvalue weighted by Crippen LogP contribution is -2.48. The quantitative estimate of drug-likeness (QED) is 0.607. The van der Waals surface area contributed by atoms with E-state index in [0.717, 1.165) is 17.7 Å². The van der Waals surface area contributed by atoms with Crippen LogP contribution in [0, 0.1) is 13.8 Å². The fourth-order valence-electron chi connectivity index (χ4n) is 4.14. The normalized spacial score (nSPS) is 17.0. The number of aliphatic hydroxyl groups excluding tert-OH is 1. The Morgan fingerprint density at radius 1 is 1.35 bits per heavy atom. The zero-order valence-corrected chi connectivity index (χ0v) is 19.8. The fraction of sp³-hybridized carbons (Fsp3) is 0.542. The Bertz CT molecular complexity index is 869. The molecule has 1 aliphatic rings. The first-order valence-corrected chi connectivity index (χ1v) is 11.8. The Morgan fingerprint density at radius 3 is 2.87 bits per heavy atom. The Labute approximate surface area is 189 Å². The molecule has 1 N–H and O–H groups in total. The van der Waals surface area contributed by atoms with E-state index in [1.54, 1.807) is 18.4 Å². The van der Waals surface area contributed by atoms with Crippen LogP contribution in [0.2, 0.25) is 0 Å². The minimum atomic E-state index is -0.605. The molecule has 31 heavy (non-hydrogen) atoms. The van der Waals surface area contributed by atoms with Gasteiger partial charge in [0.2, 0.25) is 5.91 Å². The summed E-state index contributed by atoms with van der Waals surface area (Å²) in [6.45, 7) is 8.87. The first kappa shape index (κ1) is 23.7. The third kappa shape index (κ3) is 6.07. The van der Waals surface area contributed by atoms with Crippen molar-refractivity contribution in [1.82, 2.24) is 9.80 Å². The molecule has 2 aromatic rings. The second-order valence-electron chi connectivity index (χ2n) is 8.17. The molecule has 7 heteroatoms. The molecule has 2 atom stereocenters. The highest BCUT2D eigenvalue weighted by molar-refractivity contribution is 7.10. The van der Waals surface area contributed by atoms with Crippen molar-refractivity contribution in [3.63, 3.8) is 0 Å². The van der Waals surface area contributed by atoms with E-state index >= 15 is 0 Å². The number of ether oxygens (including phenoxy) is 2. The van der Waals surface area contributed by atoms with E-state index in [4.69, 9.17) is 9.47 Å². The van der Waals surface area contributed by atoms with Gasteiger partial charge in [-0.3, -0.25) is 9.69 Å². The topological polar surface area (TPSA) is 62.2 Å². The van der Waals surface area contributed by atoms with Gasteiger partial charge in [0.15, 0.2) is 0 Å². The van der Waals surface area contributed by atoms with Gasteiger partial charge in [-0.1, -0.05) is 24.6 Å². The molecular formula is C24H34N2O4S. The van der Waals surface area contributed by atoms with Gasteiger partial charge in [0.25, 0.3) is 0 Å². The van der Waals surface area contributed by atoms with Crippen LogP contribution in [0.15, 0.2) is 29.6 Å². The highest BCUT2D eigenvalue weighted by atomic mass is 32.1. The molecule has 0 unspecified atom stereocenters. The maximum absolute atomic E-state index is 13.3. The number of benzene rings is 1. The van der Waals surface area contributed by atoms with Crippen molar-refractivity contribution in [1.29, 1.82) is 0 Å². The van der Waals surface area contributed by atoms with Crippen molar-refractivity contribution in [3.05, 3.63) is 51.2 Å². The number of methoxy groups -OCH3 is 1. The van der Waals surface area contributed by atoms with Gasteiger partial charge in [-0.15, -0.1) is 11.3 Å². The first-order chi connectivity index (χ1) is 14.9. The average Bonchev–Trinajstić information content (AvgIpc) is 3.21. The summed E-state index contributed by atoms with van der Waals surface area (Å²) in [4.78, 5) is 18.5. The van der Waals surface area contributed by atoms with Crippen molar-refractivity contribution >= 4 is 17.2 Å². The van der Waals surface area contributed by atoms with Crippen LogP contribution in [-0.4, -0.2) is 73.4 Å². The molecule has 2 heterocycles. The number of aryl methyl sites for hydroxylation is 2. The molecule has 0 aliphatic carbocycles. The van der Waals surface area contributed by atoms with E-state index in [0.29, 0.717) is 26.2 Å². The van der Waals surface area contributed by atoms with E-state index in [1.807, 2.05) is 35.8 Å². The number of thiophene rings is 1. The van der Waals surface area contributed by atoms with Crippen LogP contribution < -0.4 is 4.74 Å². The van der Waals surface area contributed by atoms with Gasteiger partial charge in [0, 0.05) is 25.1 Å². The summed E-state index contributed by atoms with van der Waals surface area (Å²) in [7, 11) is 1.57. The summed E-state index contributed by atoms with van der Waals surface area (Å²) >= 11 is 1.75. The summed E-state index contributed by atoms with van der Waals surface area (Å²) in [5.41, 5.74) is 3.50. The number of carbonyl (C=O) groups excluding carboxylic acids is 1. The van der Waals surface area contributed by atoms with Crippen LogP contribution in [0.4, 0.5) is 0 Å². The lowest BCUT2D eigenvalue weighted by Gasteiger charge is -2.37. The summed E-state index contributed by atoms with van der Waals surface area (Å²) in [5, 5.41) is 12.2. The minimum Gasteiger partial charge on any atom is -0.491 e. The van der Waals surface area contributed by atoms with Crippen LogP contribution in [0.25, 0.3) is 0 Å². The van der Waals surface area contributed by atoms with E-state index in [-0.39, 0.29) is 25.1 Å². The number of amides is 1. The lowest BCUT2D eigenvalue weighted by molar-refractivity contribution is -0.136. The molecule has 6 nitrogen and oxygen atoms in total. The molecule has 1 aliphatic heterocycles. The molecular weight excluding hydrogens is 412 g/mol. The molecule has 3 rings (SSSR count). The Hall–Kier alpha value is -1.93. The molecule has 0 bridgehead atoms. The zero-order chi connectivity index (χ0) is 22.4. The first-order valence-electron chi connectivity index (χ1n) is 10.9. The number of hydrogen-bond acceptors (Lipinski definition) is 6. The molecule has 0 spiro atoms. The second-order valence-corrected chi connectivity index (χ2v) is 9.17. The summed E-state index contributed by atoms with van der Waals surface area (Å²) in [6, 6.07) is 8.18. The molecule has 0 fully saturated rings. The second kappa shape index (κ2) is 11.1. The minimum absolute atomic E-state index is 0.0672. The van der Waals surface area contributed by atoms with Crippen molar-refractivity contribution in [3.8, 4) is 5.75 Å². The van der Waals surface area contributed by atoms with Gasteiger partial charge in [0.1, 0.15) is 12.4 Å². The van der Waals surface area contributed by atoms with Crippen LogP contribution in [0.3, 0.4) is 0 Å². The fourth-order valence-corrected chi connectivity index (χ4v) is 5.06. The number of likely N-dealkylation sites (N-methyl/N-ethyl adjacent to an activating group) is 1. The van der Waals surface area contributed by atoms with Crippen LogP contribution in [-0.2, 0) is 16.0 Å². The van der Waals surface area contributed by atoms with Gasteiger partial charge in [-0.05, 0) is 55.5 Å². The maximum atomic E-state index is 13.3. The number of nitrogens with zero attached hydrogens (tertiary/aromatic N) is 2. The number of aliphatic hydroxyl groups is 1. The lowest BCUT2D eigenvalue weighted by atomic mass is 10.00. The van der Waals surface area contributed by atoms with E-state index in [9.17, 15) is 9.90 Å². The Balaban J connectivity index is 1.72. The molecule has 170 valence electrons. The summed E-state index contributed by atoms with van der Waals surface area (Å²) in [6.07, 6.45) is 0.267. The highest BCUT2D eigenvalue weighted by Crippen LogP contribution is 2.34. The SMILES string of the molecule is CCN(CC(=O)N1CCc2sccc2[C@H]1COc1ccc(C)cc1C)C[C@H](O)COC. The molecule has 1 aromatic heterocycles. The van der Waals surface area contributed by atoms with Crippen molar-refractivity contribution < 1.29 is 19.4 Å². The Morgan fingerprint density at radius 2 is 2.16 bits per heavy atom. The maximum Gasteiger partial charge on any atom is 0.237 e. The third-order valence-electron chi connectivity index (χ3n) is 5.78. The number of carbonyl (C=O) groups is 1. The van der Waals surface area contributed by atoms with E-state index in [2.05, 4.69) is 24.4 Å². The molecule has 1 aromatic carbocycles. The highest BCUT2D eigenvalue weighted by Gasteiger charge is 2.33. The van der Waals surface area contributed by atoms with Crippen molar-refractivity contribution in [2.75, 3.05) is 46.5 Å². The average molecular weight is 447 g/mol. The predicted molar refractivity (Wildman–Crippen MR) is 124 cm³/mol.